The Bertz CT molecular complexity index is 229. The number of hydrogen-bond acceptors (Lipinski definition) is 2. The van der Waals surface area contributed by atoms with Gasteiger partial charge in [0.25, 0.3) is 0 Å². The number of nitrogens with zero attached hydrogens (tertiary/aromatic N) is 2. The fraction of sp³-hybridized carbons (Fsp3) is 0.571. The summed E-state index contributed by atoms with van der Waals surface area (Å²) in [7, 11) is 0. The Morgan fingerprint density at radius 1 is 1.80 bits per heavy atom. The number of rotatable bonds is 1. The molecule has 0 amide bonds. The molecule has 1 aliphatic rings. The Morgan fingerprint density at radius 2 is 2.70 bits per heavy atom. The van der Waals surface area contributed by atoms with Crippen molar-refractivity contribution in [3.05, 3.63) is 18.2 Å². The van der Waals surface area contributed by atoms with Crippen LogP contribution in [-0.4, -0.2) is 16.1 Å². The normalized spacial score (nSPS) is 23.1. The zero-order chi connectivity index (χ0) is 6.97. The van der Waals surface area contributed by atoms with Crippen LogP contribution in [0.2, 0.25) is 0 Å². The number of imidazole rings is 1. The molecule has 3 heteroatoms. The first kappa shape index (κ1) is 5.92. The lowest BCUT2D eigenvalue weighted by molar-refractivity contribution is 0.540. The van der Waals surface area contributed by atoms with Gasteiger partial charge >= 0.3 is 0 Å². The van der Waals surface area contributed by atoms with Crippen molar-refractivity contribution < 1.29 is 0 Å². The molecule has 10 heavy (non-hydrogen) atoms. The van der Waals surface area contributed by atoms with Crippen molar-refractivity contribution in [1.29, 1.82) is 0 Å². The van der Waals surface area contributed by atoms with Gasteiger partial charge < -0.3 is 10.3 Å². The molecule has 0 aliphatic carbocycles. The quantitative estimate of drug-likeness (QED) is 0.606. The number of fused-ring (bicyclic) bond motifs is 1. The molecule has 0 spiro atoms. The summed E-state index contributed by atoms with van der Waals surface area (Å²) in [6.07, 6.45) is 6.12. The lowest BCUT2D eigenvalue weighted by atomic mass is 10.2. The highest BCUT2D eigenvalue weighted by Gasteiger charge is 2.19. The highest BCUT2D eigenvalue weighted by Crippen LogP contribution is 2.22. The first-order valence-electron chi connectivity index (χ1n) is 3.63. The summed E-state index contributed by atoms with van der Waals surface area (Å²) < 4.78 is 2.18. The zero-order valence-electron chi connectivity index (χ0n) is 5.83. The molecule has 2 rings (SSSR count). The molecular weight excluding hydrogens is 126 g/mol. The van der Waals surface area contributed by atoms with Crippen molar-refractivity contribution in [3.8, 4) is 0 Å². The predicted molar refractivity (Wildman–Crippen MR) is 38.6 cm³/mol. The maximum absolute atomic E-state index is 5.56. The first-order chi connectivity index (χ1) is 4.92. The summed E-state index contributed by atoms with van der Waals surface area (Å²) in [5.74, 6) is 1.19. The minimum absolute atomic E-state index is 0.512. The largest absolute Gasteiger partial charge is 0.331 e. The zero-order valence-corrected chi connectivity index (χ0v) is 5.83. The van der Waals surface area contributed by atoms with E-state index < -0.39 is 0 Å². The maximum atomic E-state index is 5.56. The average Bonchev–Trinajstić information content (AvgIpc) is 2.44. The predicted octanol–water partition coefficient (Wildman–Crippen LogP) is 0.329. The van der Waals surface area contributed by atoms with E-state index in [1.807, 2.05) is 12.4 Å². The lowest BCUT2D eigenvalue weighted by Crippen LogP contribution is -2.14. The molecule has 0 saturated carbocycles. The van der Waals surface area contributed by atoms with Gasteiger partial charge in [0.05, 0.1) is 0 Å². The molecule has 0 bridgehead atoms. The van der Waals surface area contributed by atoms with Crippen LogP contribution in [0.3, 0.4) is 0 Å². The van der Waals surface area contributed by atoms with Crippen molar-refractivity contribution in [2.75, 3.05) is 6.54 Å². The van der Waals surface area contributed by atoms with Crippen LogP contribution in [-0.2, 0) is 6.42 Å². The molecule has 0 aromatic carbocycles. The monoisotopic (exact) mass is 137 g/mol. The van der Waals surface area contributed by atoms with Gasteiger partial charge in [0, 0.05) is 31.4 Å². The van der Waals surface area contributed by atoms with Gasteiger partial charge in [-0.3, -0.25) is 0 Å². The van der Waals surface area contributed by atoms with Crippen LogP contribution < -0.4 is 5.73 Å². The lowest BCUT2D eigenvalue weighted by Gasteiger charge is -2.07. The highest BCUT2D eigenvalue weighted by atomic mass is 15.1. The van der Waals surface area contributed by atoms with Crippen LogP contribution in [0, 0.1) is 0 Å². The van der Waals surface area contributed by atoms with Gasteiger partial charge in [0.2, 0.25) is 0 Å². The summed E-state index contributed by atoms with van der Waals surface area (Å²) in [4.78, 5) is 4.20. The number of hydrogen-bond donors (Lipinski definition) is 1. The van der Waals surface area contributed by atoms with E-state index in [1.54, 1.807) is 0 Å². The SMILES string of the molecule is NC[C@H]1CCc2nccn21. The Balaban J connectivity index is 2.34. The van der Waals surface area contributed by atoms with Gasteiger partial charge in [-0.1, -0.05) is 0 Å². The molecule has 0 radical (unpaired) electrons. The minimum atomic E-state index is 0.512. The molecule has 0 saturated heterocycles. The third-order valence-electron chi connectivity index (χ3n) is 2.12. The fourth-order valence-corrected chi connectivity index (χ4v) is 1.54. The molecule has 0 unspecified atom stereocenters. The number of nitrogens with two attached hydrogens (primary N) is 1. The Hall–Kier alpha value is -0.830. The van der Waals surface area contributed by atoms with Gasteiger partial charge in [-0.15, -0.1) is 0 Å². The smallest absolute Gasteiger partial charge is 0.109 e. The molecule has 1 aliphatic heterocycles. The van der Waals surface area contributed by atoms with Crippen LogP contribution in [0.1, 0.15) is 18.3 Å². The summed E-state index contributed by atoms with van der Waals surface area (Å²) >= 11 is 0. The van der Waals surface area contributed by atoms with E-state index in [2.05, 4.69) is 9.55 Å². The molecular formula is C7H11N3. The average molecular weight is 137 g/mol. The second kappa shape index (κ2) is 2.09. The van der Waals surface area contributed by atoms with E-state index in [1.165, 1.54) is 12.2 Å². The Labute approximate surface area is 59.9 Å². The molecule has 1 atom stereocenters. The van der Waals surface area contributed by atoms with Gasteiger partial charge in [-0.2, -0.15) is 0 Å². The van der Waals surface area contributed by atoms with Crippen LogP contribution in [0.25, 0.3) is 0 Å². The van der Waals surface area contributed by atoms with Crippen LogP contribution >= 0.6 is 0 Å². The van der Waals surface area contributed by atoms with E-state index in [0.717, 1.165) is 13.0 Å². The van der Waals surface area contributed by atoms with Crippen LogP contribution in [0.5, 0.6) is 0 Å². The summed E-state index contributed by atoms with van der Waals surface area (Å²) in [5, 5.41) is 0. The summed E-state index contributed by atoms with van der Waals surface area (Å²) in [6.45, 7) is 0.739. The topological polar surface area (TPSA) is 43.8 Å². The maximum Gasteiger partial charge on any atom is 0.109 e. The second-order valence-electron chi connectivity index (χ2n) is 2.68. The van der Waals surface area contributed by atoms with Gasteiger partial charge in [-0.25, -0.2) is 4.98 Å². The van der Waals surface area contributed by atoms with Gasteiger partial charge in [0.15, 0.2) is 0 Å². The molecule has 1 aromatic rings. The fourth-order valence-electron chi connectivity index (χ4n) is 1.54. The number of aryl methyl sites for hydroxylation is 1. The third kappa shape index (κ3) is 0.671. The van der Waals surface area contributed by atoms with Gasteiger partial charge in [-0.05, 0) is 6.42 Å². The van der Waals surface area contributed by atoms with E-state index in [-0.39, 0.29) is 0 Å². The molecule has 2 heterocycles. The summed E-state index contributed by atoms with van der Waals surface area (Å²) in [5.41, 5.74) is 5.56. The highest BCUT2D eigenvalue weighted by molar-refractivity contribution is 5.01. The van der Waals surface area contributed by atoms with Crippen molar-refractivity contribution >= 4 is 0 Å². The molecule has 1 aromatic heterocycles. The molecule has 54 valence electrons. The van der Waals surface area contributed by atoms with Crippen LogP contribution in [0.4, 0.5) is 0 Å². The van der Waals surface area contributed by atoms with Crippen molar-refractivity contribution in [1.82, 2.24) is 9.55 Å². The Morgan fingerprint density at radius 3 is 3.50 bits per heavy atom. The second-order valence-corrected chi connectivity index (χ2v) is 2.68. The van der Waals surface area contributed by atoms with Crippen LogP contribution in [0.15, 0.2) is 12.4 Å². The van der Waals surface area contributed by atoms with Crippen molar-refractivity contribution in [3.63, 3.8) is 0 Å². The molecule has 2 N–H and O–H groups in total. The van der Waals surface area contributed by atoms with E-state index in [0.29, 0.717) is 6.04 Å². The standard InChI is InChI=1S/C7H11N3/c8-5-6-1-2-7-9-3-4-10(6)7/h3-4,6H,1-2,5,8H2/t6-/m1/s1. The van der Waals surface area contributed by atoms with Gasteiger partial charge in [0.1, 0.15) is 5.82 Å². The Kier molecular flexibility index (Phi) is 1.24. The number of aromatic nitrogens is 2. The van der Waals surface area contributed by atoms with Crippen molar-refractivity contribution in [2.45, 2.75) is 18.9 Å². The van der Waals surface area contributed by atoms with E-state index in [4.69, 9.17) is 5.73 Å². The molecule has 0 fully saturated rings. The third-order valence-corrected chi connectivity index (χ3v) is 2.12. The van der Waals surface area contributed by atoms with Crippen molar-refractivity contribution in [2.24, 2.45) is 5.73 Å². The van der Waals surface area contributed by atoms with E-state index in [9.17, 15) is 0 Å². The minimum Gasteiger partial charge on any atom is -0.331 e. The summed E-state index contributed by atoms with van der Waals surface area (Å²) in [6, 6.07) is 0.512. The first-order valence-corrected chi connectivity index (χ1v) is 3.63. The van der Waals surface area contributed by atoms with E-state index >= 15 is 0 Å². The molecule has 3 nitrogen and oxygen atoms in total.